The summed E-state index contributed by atoms with van der Waals surface area (Å²) in [7, 11) is 0. The number of nitrogens with zero attached hydrogens (tertiary/aromatic N) is 1. The first-order valence-corrected chi connectivity index (χ1v) is 6.76. The van der Waals surface area contributed by atoms with Crippen LogP contribution >= 0.6 is 0 Å². The van der Waals surface area contributed by atoms with Gasteiger partial charge in [-0.25, -0.2) is 4.39 Å². The lowest BCUT2D eigenvalue weighted by Crippen LogP contribution is -2.22. The molecule has 104 valence electrons. The fourth-order valence-electron chi connectivity index (χ4n) is 2.43. The summed E-state index contributed by atoms with van der Waals surface area (Å²) in [5, 5.41) is 22.3. The number of benzene rings is 1. The minimum atomic E-state index is -0.796. The lowest BCUT2D eigenvalue weighted by Gasteiger charge is -2.19. The molecule has 1 aromatic rings. The van der Waals surface area contributed by atoms with Crippen molar-refractivity contribution in [2.75, 3.05) is 18.0 Å². The summed E-state index contributed by atoms with van der Waals surface area (Å²) in [5.41, 5.74) is 1.37. The molecule has 2 unspecified atom stereocenters. The molecule has 1 aliphatic carbocycles. The van der Waals surface area contributed by atoms with E-state index in [1.54, 1.807) is 11.0 Å². The minimum absolute atomic E-state index is 0.276. The van der Waals surface area contributed by atoms with Gasteiger partial charge in [0.1, 0.15) is 5.82 Å². The van der Waals surface area contributed by atoms with E-state index >= 15 is 0 Å². The average molecular weight is 266 g/mol. The summed E-state index contributed by atoms with van der Waals surface area (Å²) in [5.74, 6) is -0.295. The van der Waals surface area contributed by atoms with Gasteiger partial charge in [0.05, 0.1) is 17.9 Å². The first kappa shape index (κ1) is 12.8. The minimum Gasteiger partial charge on any atom is -0.389 e. The monoisotopic (exact) mass is 266 g/mol. The lowest BCUT2D eigenvalue weighted by molar-refractivity contribution is 0.0572. The molecule has 0 bridgehead atoms. The van der Waals surface area contributed by atoms with E-state index in [1.165, 1.54) is 18.9 Å². The Labute approximate surface area is 111 Å². The third-order valence-electron chi connectivity index (χ3n) is 3.78. The highest BCUT2D eigenvalue weighted by Gasteiger charge is 2.30. The van der Waals surface area contributed by atoms with Crippen LogP contribution in [0, 0.1) is 5.82 Å². The molecule has 0 aromatic heterocycles. The number of β-amino-alcohol motifs (C(OH)–C–C–N with tert-alkyl or cyclic N) is 2. The maximum Gasteiger partial charge on any atom is 0.146 e. The number of rotatable bonds is 4. The zero-order valence-corrected chi connectivity index (χ0v) is 10.7. The number of nitrogens with one attached hydrogen (secondary N) is 1. The summed E-state index contributed by atoms with van der Waals surface area (Å²) in [6.07, 6.45) is 0.833. The van der Waals surface area contributed by atoms with Crippen LogP contribution in [0.1, 0.15) is 18.4 Å². The standard InChI is InChI=1S/C14H19FN2O2/c15-11-5-9(6-16-10-2-3-10)1-4-12(11)17-7-13(18)14(19)8-17/h1,4-5,10,13-14,16,18-19H,2-3,6-8H2. The second kappa shape index (κ2) is 5.07. The molecule has 2 atom stereocenters. The number of aliphatic hydroxyl groups excluding tert-OH is 2. The van der Waals surface area contributed by atoms with Crippen molar-refractivity contribution in [3.05, 3.63) is 29.6 Å². The SMILES string of the molecule is OC1CN(c2ccc(CNC3CC3)cc2F)CC1O. The van der Waals surface area contributed by atoms with Crippen LogP contribution in [0.3, 0.4) is 0 Å². The molecule has 3 N–H and O–H groups in total. The zero-order valence-electron chi connectivity index (χ0n) is 10.7. The Hall–Kier alpha value is -1.17. The van der Waals surface area contributed by atoms with Crippen molar-refractivity contribution < 1.29 is 14.6 Å². The summed E-state index contributed by atoms with van der Waals surface area (Å²) >= 11 is 0. The number of hydrogen-bond donors (Lipinski definition) is 3. The molecule has 3 rings (SSSR count). The Bertz CT molecular complexity index is 455. The molecule has 1 saturated heterocycles. The molecule has 19 heavy (non-hydrogen) atoms. The van der Waals surface area contributed by atoms with Crippen LogP contribution in [0.5, 0.6) is 0 Å². The van der Waals surface area contributed by atoms with Crippen molar-refractivity contribution in [1.29, 1.82) is 0 Å². The quantitative estimate of drug-likeness (QED) is 0.748. The highest BCUT2D eigenvalue weighted by atomic mass is 19.1. The maximum atomic E-state index is 14.1. The van der Waals surface area contributed by atoms with E-state index in [4.69, 9.17) is 0 Å². The molecule has 1 aromatic carbocycles. The first-order valence-electron chi connectivity index (χ1n) is 6.76. The van der Waals surface area contributed by atoms with Crippen LogP contribution < -0.4 is 10.2 Å². The topological polar surface area (TPSA) is 55.7 Å². The van der Waals surface area contributed by atoms with Gasteiger partial charge in [-0.15, -0.1) is 0 Å². The number of aliphatic hydroxyl groups is 2. The second-order valence-corrected chi connectivity index (χ2v) is 5.48. The average Bonchev–Trinajstić information content (AvgIpc) is 3.14. The van der Waals surface area contributed by atoms with E-state index in [0.29, 0.717) is 18.3 Å². The predicted octanol–water partition coefficient (Wildman–Crippen LogP) is 0.619. The van der Waals surface area contributed by atoms with Crippen molar-refractivity contribution in [3.63, 3.8) is 0 Å². The largest absolute Gasteiger partial charge is 0.389 e. The summed E-state index contributed by atoms with van der Waals surface area (Å²) in [6.45, 7) is 1.24. The van der Waals surface area contributed by atoms with Crippen LogP contribution in [-0.4, -0.2) is 41.6 Å². The lowest BCUT2D eigenvalue weighted by atomic mass is 10.2. The van der Waals surface area contributed by atoms with Gasteiger partial charge >= 0.3 is 0 Å². The van der Waals surface area contributed by atoms with E-state index in [2.05, 4.69) is 5.32 Å². The fraction of sp³-hybridized carbons (Fsp3) is 0.571. The van der Waals surface area contributed by atoms with Gasteiger partial charge in [0, 0.05) is 25.7 Å². The van der Waals surface area contributed by atoms with Crippen LogP contribution in [0.4, 0.5) is 10.1 Å². The Morgan fingerprint density at radius 1 is 1.21 bits per heavy atom. The summed E-state index contributed by atoms with van der Waals surface area (Å²) < 4.78 is 14.1. The van der Waals surface area contributed by atoms with E-state index in [9.17, 15) is 14.6 Å². The van der Waals surface area contributed by atoms with Gasteiger partial charge in [-0.1, -0.05) is 6.07 Å². The van der Waals surface area contributed by atoms with Crippen LogP contribution in [0.2, 0.25) is 0 Å². The number of halogens is 1. The first-order chi connectivity index (χ1) is 9.13. The van der Waals surface area contributed by atoms with E-state index < -0.39 is 12.2 Å². The van der Waals surface area contributed by atoms with Crippen molar-refractivity contribution in [1.82, 2.24) is 5.32 Å². The molecule has 1 aliphatic heterocycles. The summed E-state index contributed by atoms with van der Waals surface area (Å²) in [4.78, 5) is 1.68. The molecular formula is C14H19FN2O2. The number of hydrogen-bond acceptors (Lipinski definition) is 4. The van der Waals surface area contributed by atoms with Crippen molar-refractivity contribution >= 4 is 5.69 Å². The van der Waals surface area contributed by atoms with Crippen molar-refractivity contribution in [2.24, 2.45) is 0 Å². The molecule has 5 heteroatoms. The van der Waals surface area contributed by atoms with Gasteiger partial charge in [0.25, 0.3) is 0 Å². The molecule has 0 spiro atoms. The molecule has 1 saturated carbocycles. The van der Waals surface area contributed by atoms with Gasteiger partial charge in [-0.05, 0) is 30.5 Å². The Balaban J connectivity index is 1.68. The van der Waals surface area contributed by atoms with E-state index in [-0.39, 0.29) is 18.9 Å². The third-order valence-corrected chi connectivity index (χ3v) is 3.78. The van der Waals surface area contributed by atoms with Crippen molar-refractivity contribution in [3.8, 4) is 0 Å². The van der Waals surface area contributed by atoms with Gasteiger partial charge in [-0.2, -0.15) is 0 Å². The Morgan fingerprint density at radius 3 is 2.47 bits per heavy atom. The zero-order chi connectivity index (χ0) is 13.4. The maximum absolute atomic E-state index is 14.1. The smallest absolute Gasteiger partial charge is 0.146 e. The third kappa shape index (κ3) is 2.88. The van der Waals surface area contributed by atoms with Crippen LogP contribution in [-0.2, 0) is 6.54 Å². The fourth-order valence-corrected chi connectivity index (χ4v) is 2.43. The molecule has 1 heterocycles. The van der Waals surface area contributed by atoms with Gasteiger partial charge < -0.3 is 20.4 Å². The highest BCUT2D eigenvalue weighted by molar-refractivity contribution is 5.50. The predicted molar refractivity (Wildman–Crippen MR) is 70.5 cm³/mol. The molecule has 4 nitrogen and oxygen atoms in total. The molecular weight excluding hydrogens is 247 g/mol. The van der Waals surface area contributed by atoms with Crippen LogP contribution in [0.15, 0.2) is 18.2 Å². The van der Waals surface area contributed by atoms with E-state index in [1.807, 2.05) is 6.07 Å². The van der Waals surface area contributed by atoms with Gasteiger partial charge in [0.2, 0.25) is 0 Å². The van der Waals surface area contributed by atoms with Crippen molar-refractivity contribution in [2.45, 2.75) is 37.6 Å². The normalized spacial score (nSPS) is 27.0. The van der Waals surface area contributed by atoms with Crippen LogP contribution in [0.25, 0.3) is 0 Å². The molecule has 2 fully saturated rings. The second-order valence-electron chi connectivity index (χ2n) is 5.48. The number of anilines is 1. The van der Waals surface area contributed by atoms with Gasteiger partial charge in [-0.3, -0.25) is 0 Å². The molecule has 2 aliphatic rings. The molecule has 0 radical (unpaired) electrons. The van der Waals surface area contributed by atoms with Gasteiger partial charge in [0.15, 0.2) is 0 Å². The highest BCUT2D eigenvalue weighted by Crippen LogP contribution is 2.25. The summed E-state index contributed by atoms with van der Waals surface area (Å²) in [6, 6.07) is 5.75. The Kier molecular flexibility index (Phi) is 3.43. The van der Waals surface area contributed by atoms with E-state index in [0.717, 1.165) is 5.56 Å². The Morgan fingerprint density at radius 2 is 1.89 bits per heavy atom. The molecule has 0 amide bonds.